The molecule has 118 valence electrons. The molecule has 0 radical (unpaired) electrons. The molecular weight excluding hydrogens is 288 g/mol. The van der Waals surface area contributed by atoms with Crippen molar-refractivity contribution in [3.8, 4) is 0 Å². The summed E-state index contributed by atoms with van der Waals surface area (Å²) < 4.78 is 0. The van der Waals surface area contributed by atoms with Gasteiger partial charge in [-0.15, -0.1) is 0 Å². The van der Waals surface area contributed by atoms with E-state index in [1.54, 1.807) is 0 Å². The lowest BCUT2D eigenvalue weighted by molar-refractivity contribution is 0.962. The van der Waals surface area contributed by atoms with Crippen LogP contribution >= 0.6 is 0 Å². The summed E-state index contributed by atoms with van der Waals surface area (Å²) >= 11 is 0. The van der Waals surface area contributed by atoms with Gasteiger partial charge < -0.3 is 0 Å². The number of allylic oxidation sites excluding steroid dienone is 4. The molecule has 0 N–H and O–H groups in total. The molecule has 0 saturated carbocycles. The summed E-state index contributed by atoms with van der Waals surface area (Å²) in [6.45, 7) is 0. The van der Waals surface area contributed by atoms with Crippen molar-refractivity contribution in [1.82, 2.24) is 0 Å². The van der Waals surface area contributed by atoms with E-state index in [0.29, 0.717) is 0 Å². The van der Waals surface area contributed by atoms with Crippen molar-refractivity contribution in [2.24, 2.45) is 0 Å². The summed E-state index contributed by atoms with van der Waals surface area (Å²) in [5.41, 5.74) is 0. The molecule has 0 fully saturated rings. The van der Waals surface area contributed by atoms with Gasteiger partial charge in [-0.05, 0) is 58.0 Å². The predicted octanol–water partition coefficient (Wildman–Crippen LogP) is 7.26. The van der Waals surface area contributed by atoms with Crippen LogP contribution in [0, 0.1) is 0 Å². The van der Waals surface area contributed by atoms with Crippen molar-refractivity contribution in [2.75, 3.05) is 0 Å². The quantitative estimate of drug-likeness (QED) is 0.237. The van der Waals surface area contributed by atoms with E-state index in [-0.39, 0.29) is 0 Å². The highest BCUT2D eigenvalue weighted by atomic mass is 14.1. The molecule has 0 aliphatic heterocycles. The first-order chi connectivity index (χ1) is 11.9. The van der Waals surface area contributed by atoms with Gasteiger partial charge in [0.25, 0.3) is 0 Å². The molecule has 0 amide bonds. The maximum Gasteiger partial charge on any atom is -0.00268 e. The van der Waals surface area contributed by atoms with Crippen LogP contribution in [0.25, 0.3) is 32.3 Å². The maximum atomic E-state index is 2.27. The first-order valence-corrected chi connectivity index (χ1v) is 8.86. The summed E-state index contributed by atoms with van der Waals surface area (Å²) in [6.07, 6.45) is 14.0. The molecule has 0 bridgehead atoms. The normalized spacial score (nSPS) is 14.5. The van der Waals surface area contributed by atoms with Crippen LogP contribution < -0.4 is 0 Å². The molecule has 0 saturated heterocycles. The second kappa shape index (κ2) is 6.88. The third-order valence-corrected chi connectivity index (χ3v) is 4.73. The van der Waals surface area contributed by atoms with Gasteiger partial charge in [-0.25, -0.2) is 0 Å². The summed E-state index contributed by atoms with van der Waals surface area (Å²) in [7, 11) is 0. The zero-order chi connectivity index (χ0) is 16.2. The molecule has 1 aliphatic carbocycles. The molecule has 5 rings (SSSR count). The van der Waals surface area contributed by atoms with Crippen molar-refractivity contribution in [3.63, 3.8) is 0 Å². The van der Waals surface area contributed by atoms with Crippen LogP contribution in [-0.4, -0.2) is 0 Å². The number of benzene rings is 4. The summed E-state index contributed by atoms with van der Waals surface area (Å²) in [6, 6.07) is 21.9. The van der Waals surface area contributed by atoms with Crippen molar-refractivity contribution in [1.29, 1.82) is 0 Å². The van der Waals surface area contributed by atoms with Crippen molar-refractivity contribution >= 4 is 32.3 Å². The van der Waals surface area contributed by atoms with E-state index in [1.165, 1.54) is 58.0 Å². The molecule has 24 heavy (non-hydrogen) atoms. The maximum absolute atomic E-state index is 2.27. The van der Waals surface area contributed by atoms with Gasteiger partial charge in [0, 0.05) is 0 Å². The predicted molar refractivity (Wildman–Crippen MR) is 107 cm³/mol. The third-order valence-electron chi connectivity index (χ3n) is 4.73. The monoisotopic (exact) mass is 310 g/mol. The summed E-state index contributed by atoms with van der Waals surface area (Å²) in [4.78, 5) is 0. The average Bonchev–Trinajstić information content (AvgIpc) is 2.60. The van der Waals surface area contributed by atoms with Gasteiger partial charge in [-0.1, -0.05) is 85.0 Å². The molecule has 4 aromatic carbocycles. The lowest BCUT2D eigenvalue weighted by Crippen LogP contribution is -1.82. The van der Waals surface area contributed by atoms with Crippen molar-refractivity contribution in [3.05, 3.63) is 85.0 Å². The topological polar surface area (TPSA) is 0 Å². The number of hydrogen-bond donors (Lipinski definition) is 0. The third kappa shape index (κ3) is 2.92. The van der Waals surface area contributed by atoms with E-state index in [1.807, 2.05) is 0 Å². The van der Waals surface area contributed by atoms with E-state index in [9.17, 15) is 0 Å². The molecule has 1 aliphatic rings. The van der Waals surface area contributed by atoms with Crippen molar-refractivity contribution < 1.29 is 0 Å². The van der Waals surface area contributed by atoms with Gasteiger partial charge in [-0.3, -0.25) is 0 Å². The van der Waals surface area contributed by atoms with E-state index in [4.69, 9.17) is 0 Å². The van der Waals surface area contributed by atoms with Crippen LogP contribution in [0.3, 0.4) is 0 Å². The molecule has 0 nitrogen and oxygen atoms in total. The SMILES string of the molecule is C1=CCCC=CCC1.c1cc2ccc3cccc4ccc(c1)c2c34. The second-order valence-corrected chi connectivity index (χ2v) is 6.39. The molecule has 0 heteroatoms. The van der Waals surface area contributed by atoms with E-state index in [0.717, 1.165) is 0 Å². The minimum atomic E-state index is 1.23. The van der Waals surface area contributed by atoms with E-state index < -0.39 is 0 Å². The van der Waals surface area contributed by atoms with Gasteiger partial charge in [-0.2, -0.15) is 0 Å². The first-order valence-electron chi connectivity index (χ1n) is 8.86. The minimum absolute atomic E-state index is 1.23. The Morgan fingerprint density at radius 2 is 0.667 bits per heavy atom. The molecule has 0 heterocycles. The fourth-order valence-electron chi connectivity index (χ4n) is 3.53. The van der Waals surface area contributed by atoms with Crippen LogP contribution in [0.4, 0.5) is 0 Å². The van der Waals surface area contributed by atoms with Crippen LogP contribution in [0.1, 0.15) is 25.7 Å². The highest BCUT2D eigenvalue weighted by Crippen LogP contribution is 2.33. The Bertz CT molecular complexity index is 848. The van der Waals surface area contributed by atoms with Crippen LogP contribution in [0.15, 0.2) is 85.0 Å². The first kappa shape index (κ1) is 15.0. The Morgan fingerprint density at radius 3 is 0.958 bits per heavy atom. The molecule has 0 atom stereocenters. The van der Waals surface area contributed by atoms with Crippen molar-refractivity contribution in [2.45, 2.75) is 25.7 Å². The smallest absolute Gasteiger partial charge is 0.00268 e. The second-order valence-electron chi connectivity index (χ2n) is 6.39. The Morgan fingerprint density at radius 1 is 0.375 bits per heavy atom. The Kier molecular flexibility index (Phi) is 4.29. The summed E-state index contributed by atoms with van der Waals surface area (Å²) in [5, 5.41) is 8.14. The molecular formula is C24H22. The largest absolute Gasteiger partial charge is 0.0882 e. The standard InChI is InChI=1S/C16H10.C8H12/c1-3-11-7-9-13-5-2-6-14-10-8-12(4-1)15(11)16(13)14;1-2-4-6-8-7-5-3-1/h1-10H;1-2,7-8H,3-6H2. The lowest BCUT2D eigenvalue weighted by atomic mass is 9.95. The fourth-order valence-corrected chi connectivity index (χ4v) is 3.53. The molecule has 0 spiro atoms. The molecule has 4 aromatic rings. The van der Waals surface area contributed by atoms with Gasteiger partial charge in [0.2, 0.25) is 0 Å². The summed E-state index contributed by atoms with van der Waals surface area (Å²) in [5.74, 6) is 0. The van der Waals surface area contributed by atoms with Crippen LogP contribution in [0.2, 0.25) is 0 Å². The van der Waals surface area contributed by atoms with Gasteiger partial charge >= 0.3 is 0 Å². The van der Waals surface area contributed by atoms with Gasteiger partial charge in [0.15, 0.2) is 0 Å². The van der Waals surface area contributed by atoms with Crippen LogP contribution in [0.5, 0.6) is 0 Å². The Hall–Kier alpha value is -2.60. The molecule has 0 unspecified atom stereocenters. The van der Waals surface area contributed by atoms with Gasteiger partial charge in [0.1, 0.15) is 0 Å². The molecule has 0 aromatic heterocycles. The fraction of sp³-hybridized carbons (Fsp3) is 0.167. The minimum Gasteiger partial charge on any atom is -0.0882 e. The number of rotatable bonds is 0. The Balaban J connectivity index is 0.000000155. The highest BCUT2D eigenvalue weighted by molar-refractivity contribution is 6.22. The highest BCUT2D eigenvalue weighted by Gasteiger charge is 2.05. The zero-order valence-electron chi connectivity index (χ0n) is 13.9. The zero-order valence-corrected chi connectivity index (χ0v) is 13.9. The average molecular weight is 310 g/mol. The van der Waals surface area contributed by atoms with E-state index >= 15 is 0 Å². The van der Waals surface area contributed by atoms with Crippen LogP contribution in [-0.2, 0) is 0 Å². The van der Waals surface area contributed by atoms with Gasteiger partial charge in [0.05, 0.1) is 0 Å². The lowest BCUT2D eigenvalue weighted by Gasteiger charge is -2.09. The Labute approximate surface area is 143 Å². The number of hydrogen-bond acceptors (Lipinski definition) is 0. The van der Waals surface area contributed by atoms with E-state index in [2.05, 4.69) is 85.0 Å².